The minimum absolute atomic E-state index is 0.143. The molecule has 2 N–H and O–H groups in total. The Labute approximate surface area is 169 Å². The Morgan fingerprint density at radius 3 is 2.72 bits per heavy atom. The van der Waals surface area contributed by atoms with E-state index in [4.69, 9.17) is 5.73 Å². The number of amides is 2. The molecule has 2 amide bonds. The van der Waals surface area contributed by atoms with Crippen LogP contribution in [0.25, 0.3) is 11.1 Å². The standard InChI is InChI=1S/C24H25FN2O2/c1-2-20(28)27-9-3-4-15(13-27)21-19(25)11-17(23(26)29)16-10-14-5-6-24(7-8-24)12-18(14)22(16)21/h2,4,11H,1,3,5-10,12-13H2,(H2,26,29). The van der Waals surface area contributed by atoms with Crippen molar-refractivity contribution in [1.29, 1.82) is 0 Å². The Kier molecular flexibility index (Phi) is 4.05. The summed E-state index contributed by atoms with van der Waals surface area (Å²) in [5.74, 6) is -1.13. The van der Waals surface area contributed by atoms with Gasteiger partial charge in [0.15, 0.2) is 0 Å². The van der Waals surface area contributed by atoms with Gasteiger partial charge in [0.25, 0.3) is 0 Å². The molecule has 0 bridgehead atoms. The highest BCUT2D eigenvalue weighted by molar-refractivity contribution is 6.00. The Morgan fingerprint density at radius 2 is 2.03 bits per heavy atom. The summed E-state index contributed by atoms with van der Waals surface area (Å²) in [6, 6.07) is 1.30. The van der Waals surface area contributed by atoms with E-state index in [1.165, 1.54) is 42.6 Å². The molecule has 1 fully saturated rings. The molecule has 1 aromatic rings. The van der Waals surface area contributed by atoms with Crippen molar-refractivity contribution >= 4 is 23.0 Å². The van der Waals surface area contributed by atoms with Crippen LogP contribution in [0.4, 0.5) is 4.39 Å². The first-order valence-electron chi connectivity index (χ1n) is 10.4. The number of hydrogen-bond donors (Lipinski definition) is 1. The lowest BCUT2D eigenvalue weighted by Crippen LogP contribution is -2.34. The Hall–Kier alpha value is -2.69. The van der Waals surface area contributed by atoms with Crippen LogP contribution in [0, 0.1) is 11.2 Å². The van der Waals surface area contributed by atoms with Gasteiger partial charge in [-0.1, -0.05) is 18.2 Å². The maximum atomic E-state index is 15.4. The predicted octanol–water partition coefficient (Wildman–Crippen LogP) is 4.00. The predicted molar refractivity (Wildman–Crippen MR) is 110 cm³/mol. The van der Waals surface area contributed by atoms with Crippen molar-refractivity contribution in [2.24, 2.45) is 11.1 Å². The molecule has 1 aromatic carbocycles. The summed E-state index contributed by atoms with van der Waals surface area (Å²) in [6.07, 6.45) is 10.3. The summed E-state index contributed by atoms with van der Waals surface area (Å²) in [5.41, 5.74) is 12.0. The van der Waals surface area contributed by atoms with Gasteiger partial charge in [-0.05, 0) is 84.8 Å². The van der Waals surface area contributed by atoms with Crippen LogP contribution in [0.2, 0.25) is 0 Å². The van der Waals surface area contributed by atoms with Crippen LogP contribution in [-0.4, -0.2) is 29.8 Å². The van der Waals surface area contributed by atoms with Crippen molar-refractivity contribution in [2.75, 3.05) is 13.1 Å². The maximum absolute atomic E-state index is 15.4. The Balaban J connectivity index is 1.65. The fraction of sp³-hybridized carbons (Fsp3) is 0.417. The smallest absolute Gasteiger partial charge is 0.249 e. The van der Waals surface area contributed by atoms with Crippen LogP contribution in [-0.2, 0) is 11.2 Å². The summed E-state index contributed by atoms with van der Waals surface area (Å²) >= 11 is 0. The number of allylic oxidation sites excluding steroid dienone is 2. The first-order valence-corrected chi connectivity index (χ1v) is 10.4. The van der Waals surface area contributed by atoms with Gasteiger partial charge >= 0.3 is 0 Å². The van der Waals surface area contributed by atoms with Crippen molar-refractivity contribution in [2.45, 2.75) is 44.9 Å². The molecule has 5 rings (SSSR count). The zero-order chi connectivity index (χ0) is 20.3. The van der Waals surface area contributed by atoms with E-state index >= 15 is 4.39 Å². The second-order valence-electron chi connectivity index (χ2n) is 8.92. The van der Waals surface area contributed by atoms with Gasteiger partial charge in [-0.2, -0.15) is 0 Å². The van der Waals surface area contributed by atoms with E-state index in [1.807, 2.05) is 6.08 Å². The van der Waals surface area contributed by atoms with Crippen LogP contribution in [0.3, 0.4) is 0 Å². The molecule has 4 nitrogen and oxygen atoms in total. The highest BCUT2D eigenvalue weighted by Gasteiger charge is 2.47. The summed E-state index contributed by atoms with van der Waals surface area (Å²) in [6.45, 7) is 4.54. The number of hydrogen-bond acceptors (Lipinski definition) is 2. The van der Waals surface area contributed by atoms with E-state index in [0.717, 1.165) is 29.5 Å². The number of carbonyl (C=O) groups excluding carboxylic acids is 2. The largest absolute Gasteiger partial charge is 0.366 e. The summed E-state index contributed by atoms with van der Waals surface area (Å²) in [7, 11) is 0. The third-order valence-electron chi connectivity index (χ3n) is 7.20. The summed E-state index contributed by atoms with van der Waals surface area (Å²) in [4.78, 5) is 25.9. The molecule has 1 spiro atoms. The van der Waals surface area contributed by atoms with E-state index in [-0.39, 0.29) is 5.91 Å². The van der Waals surface area contributed by atoms with Crippen molar-refractivity contribution in [1.82, 2.24) is 4.90 Å². The zero-order valence-electron chi connectivity index (χ0n) is 16.5. The third kappa shape index (κ3) is 2.86. The average Bonchev–Trinajstić information content (AvgIpc) is 3.37. The van der Waals surface area contributed by atoms with Gasteiger partial charge in [-0.25, -0.2) is 4.39 Å². The molecule has 0 radical (unpaired) electrons. The molecule has 0 aromatic heterocycles. The topological polar surface area (TPSA) is 63.4 Å². The van der Waals surface area contributed by atoms with E-state index in [0.29, 0.717) is 42.5 Å². The van der Waals surface area contributed by atoms with Gasteiger partial charge in [0.1, 0.15) is 5.82 Å². The van der Waals surface area contributed by atoms with Gasteiger partial charge in [-0.15, -0.1) is 0 Å². The van der Waals surface area contributed by atoms with Gasteiger partial charge < -0.3 is 10.6 Å². The highest BCUT2D eigenvalue weighted by Crippen LogP contribution is 2.61. The molecule has 0 atom stereocenters. The van der Waals surface area contributed by atoms with Gasteiger partial charge in [0, 0.05) is 24.2 Å². The molecule has 0 saturated heterocycles. The van der Waals surface area contributed by atoms with E-state index < -0.39 is 11.7 Å². The average molecular weight is 392 g/mol. The minimum Gasteiger partial charge on any atom is -0.366 e. The third-order valence-corrected chi connectivity index (χ3v) is 7.20. The molecule has 1 saturated carbocycles. The molecular formula is C24H25FN2O2. The number of halogens is 1. The highest BCUT2D eigenvalue weighted by atomic mass is 19.1. The van der Waals surface area contributed by atoms with Crippen LogP contribution < -0.4 is 5.73 Å². The molecule has 150 valence electrons. The Morgan fingerprint density at radius 1 is 1.24 bits per heavy atom. The lowest BCUT2D eigenvalue weighted by Gasteiger charge is -2.29. The van der Waals surface area contributed by atoms with Crippen LogP contribution in [0.15, 0.2) is 30.4 Å². The molecule has 1 heterocycles. The van der Waals surface area contributed by atoms with Crippen molar-refractivity contribution in [3.63, 3.8) is 0 Å². The lowest BCUT2D eigenvalue weighted by atomic mass is 9.79. The van der Waals surface area contributed by atoms with Crippen LogP contribution >= 0.6 is 0 Å². The summed E-state index contributed by atoms with van der Waals surface area (Å²) in [5, 5.41) is 0. The van der Waals surface area contributed by atoms with Crippen LogP contribution in [0.1, 0.15) is 65.6 Å². The van der Waals surface area contributed by atoms with Gasteiger partial charge in [-0.3, -0.25) is 9.59 Å². The first-order chi connectivity index (χ1) is 13.9. The molecule has 4 aliphatic rings. The second kappa shape index (κ2) is 6.41. The van der Waals surface area contributed by atoms with Crippen LogP contribution in [0.5, 0.6) is 0 Å². The number of primary amides is 1. The summed E-state index contributed by atoms with van der Waals surface area (Å²) < 4.78 is 15.4. The number of rotatable bonds is 3. The Bertz CT molecular complexity index is 1030. The number of benzene rings is 1. The second-order valence-corrected chi connectivity index (χ2v) is 8.92. The maximum Gasteiger partial charge on any atom is 0.249 e. The normalized spacial score (nSPS) is 21.6. The van der Waals surface area contributed by atoms with Gasteiger partial charge in [0.05, 0.1) is 0 Å². The SMILES string of the molecule is C=CC(=O)N1CCC=C(c2c(F)cc(C(N)=O)c3c2C2=C(CCC4(CC4)C2)C3)C1. The van der Waals surface area contributed by atoms with Crippen molar-refractivity contribution < 1.29 is 14.0 Å². The molecule has 5 heteroatoms. The number of nitrogens with two attached hydrogens (primary N) is 1. The molecule has 3 aliphatic carbocycles. The number of fused-ring (bicyclic) bond motifs is 2. The molecule has 0 unspecified atom stereocenters. The quantitative estimate of drug-likeness (QED) is 0.791. The van der Waals surface area contributed by atoms with Gasteiger partial charge in [0.2, 0.25) is 11.8 Å². The van der Waals surface area contributed by atoms with E-state index in [9.17, 15) is 9.59 Å². The minimum atomic E-state index is -0.575. The van der Waals surface area contributed by atoms with Crippen molar-refractivity contribution in [3.05, 3.63) is 58.4 Å². The van der Waals surface area contributed by atoms with E-state index in [2.05, 4.69) is 6.58 Å². The monoisotopic (exact) mass is 392 g/mol. The molecule has 29 heavy (non-hydrogen) atoms. The molecule has 1 aliphatic heterocycles. The fourth-order valence-electron chi connectivity index (χ4n) is 5.42. The molecular weight excluding hydrogens is 367 g/mol. The fourth-order valence-corrected chi connectivity index (χ4v) is 5.42. The zero-order valence-corrected chi connectivity index (χ0v) is 16.5. The first kappa shape index (κ1) is 18.3. The lowest BCUT2D eigenvalue weighted by molar-refractivity contribution is -0.125. The van der Waals surface area contributed by atoms with Crippen molar-refractivity contribution in [3.8, 4) is 0 Å². The van der Waals surface area contributed by atoms with E-state index in [1.54, 1.807) is 4.90 Å². The number of carbonyl (C=O) groups is 2. The number of nitrogens with zero attached hydrogens (tertiary/aromatic N) is 1.